The maximum absolute atomic E-state index is 12.4. The molecule has 0 saturated heterocycles. The molecule has 2 heteroatoms. The summed E-state index contributed by atoms with van der Waals surface area (Å²) < 4.78 is 17.4. The van der Waals surface area contributed by atoms with Crippen LogP contribution in [0.3, 0.4) is 0 Å². The fourth-order valence-electron chi connectivity index (χ4n) is 1.13. The van der Waals surface area contributed by atoms with E-state index in [1.165, 1.54) is 0 Å². The van der Waals surface area contributed by atoms with Crippen molar-refractivity contribution in [2.75, 3.05) is 13.8 Å². The topological polar surface area (TPSA) is 9.23 Å². The lowest BCUT2D eigenvalue weighted by atomic mass is 10.1. The molecule has 0 N–H and O–H groups in total. The first kappa shape index (κ1) is 9.78. The van der Waals surface area contributed by atoms with Crippen molar-refractivity contribution >= 4 is 5.57 Å². The smallest absolute Gasteiger partial charge is 0.118 e. The Morgan fingerprint density at radius 1 is 1.38 bits per heavy atom. The van der Waals surface area contributed by atoms with Crippen LogP contribution in [0.25, 0.3) is 5.57 Å². The molecule has 1 rings (SSSR count). The minimum Gasteiger partial charge on any atom is -0.497 e. The SMILES string of the molecule is C/C=C(/CF)c1ccc(OC)cc1. The predicted molar refractivity (Wildman–Crippen MR) is 52.6 cm³/mol. The van der Waals surface area contributed by atoms with Gasteiger partial charge in [0.2, 0.25) is 0 Å². The standard InChI is InChI=1S/C11H13FO/c1-3-9(8-12)10-4-6-11(13-2)7-5-10/h3-7H,8H2,1-2H3/b9-3-. The van der Waals surface area contributed by atoms with Gasteiger partial charge in [-0.05, 0) is 30.2 Å². The van der Waals surface area contributed by atoms with Crippen molar-refractivity contribution in [1.29, 1.82) is 0 Å². The van der Waals surface area contributed by atoms with Gasteiger partial charge >= 0.3 is 0 Å². The Hall–Kier alpha value is -1.31. The third-order valence-electron chi connectivity index (χ3n) is 1.95. The van der Waals surface area contributed by atoms with Crippen LogP contribution in [0.1, 0.15) is 12.5 Å². The van der Waals surface area contributed by atoms with Gasteiger partial charge in [-0.2, -0.15) is 0 Å². The molecule has 1 aromatic carbocycles. The lowest BCUT2D eigenvalue weighted by molar-refractivity contribution is 0.414. The summed E-state index contributed by atoms with van der Waals surface area (Å²) in [6, 6.07) is 7.37. The monoisotopic (exact) mass is 180 g/mol. The van der Waals surface area contributed by atoms with Crippen molar-refractivity contribution in [3.8, 4) is 5.75 Å². The molecule has 0 unspecified atom stereocenters. The van der Waals surface area contributed by atoms with Crippen molar-refractivity contribution in [3.05, 3.63) is 35.9 Å². The molecule has 0 bridgehead atoms. The highest BCUT2D eigenvalue weighted by Gasteiger charge is 1.99. The molecule has 0 saturated carbocycles. The molecule has 70 valence electrons. The van der Waals surface area contributed by atoms with E-state index in [-0.39, 0.29) is 0 Å². The summed E-state index contributed by atoms with van der Waals surface area (Å²) in [5.41, 5.74) is 1.62. The van der Waals surface area contributed by atoms with Crippen LogP contribution in [-0.4, -0.2) is 13.8 Å². The average Bonchev–Trinajstić information content (AvgIpc) is 2.21. The molecular formula is C11H13FO. The molecule has 0 radical (unpaired) electrons. The Labute approximate surface area is 77.8 Å². The lowest BCUT2D eigenvalue weighted by Crippen LogP contribution is -1.87. The fraction of sp³-hybridized carbons (Fsp3) is 0.273. The van der Waals surface area contributed by atoms with Crippen LogP contribution < -0.4 is 4.74 Å². The summed E-state index contributed by atoms with van der Waals surface area (Å²) in [4.78, 5) is 0. The summed E-state index contributed by atoms with van der Waals surface area (Å²) in [5.74, 6) is 0.790. The second-order valence-corrected chi connectivity index (χ2v) is 2.68. The summed E-state index contributed by atoms with van der Waals surface area (Å²) in [7, 11) is 1.61. The van der Waals surface area contributed by atoms with Gasteiger partial charge in [0.1, 0.15) is 12.4 Å². The molecule has 0 aromatic heterocycles. The van der Waals surface area contributed by atoms with E-state index >= 15 is 0 Å². The molecule has 0 aliphatic carbocycles. The second kappa shape index (κ2) is 4.65. The molecule has 0 heterocycles. The minimum atomic E-state index is -0.428. The van der Waals surface area contributed by atoms with Crippen LogP contribution in [-0.2, 0) is 0 Å². The number of hydrogen-bond acceptors (Lipinski definition) is 1. The number of ether oxygens (including phenoxy) is 1. The van der Waals surface area contributed by atoms with Gasteiger partial charge < -0.3 is 4.74 Å². The number of benzene rings is 1. The number of halogens is 1. The number of hydrogen-bond donors (Lipinski definition) is 0. The van der Waals surface area contributed by atoms with E-state index in [1.54, 1.807) is 13.2 Å². The lowest BCUT2D eigenvalue weighted by Gasteiger charge is -2.03. The largest absolute Gasteiger partial charge is 0.497 e. The zero-order chi connectivity index (χ0) is 9.68. The highest BCUT2D eigenvalue weighted by Crippen LogP contribution is 2.18. The number of rotatable bonds is 3. The van der Waals surface area contributed by atoms with Crippen LogP contribution in [0, 0.1) is 0 Å². The molecule has 0 fully saturated rings. The van der Waals surface area contributed by atoms with Gasteiger partial charge in [0, 0.05) is 0 Å². The van der Waals surface area contributed by atoms with Crippen molar-refractivity contribution in [3.63, 3.8) is 0 Å². The highest BCUT2D eigenvalue weighted by atomic mass is 19.1. The van der Waals surface area contributed by atoms with Gasteiger partial charge in [0.15, 0.2) is 0 Å². The zero-order valence-electron chi connectivity index (χ0n) is 7.88. The van der Waals surface area contributed by atoms with Crippen LogP contribution in [0.2, 0.25) is 0 Å². The van der Waals surface area contributed by atoms with Gasteiger partial charge in [0.05, 0.1) is 7.11 Å². The van der Waals surface area contributed by atoms with E-state index in [4.69, 9.17) is 4.74 Å². The van der Waals surface area contributed by atoms with Crippen LogP contribution in [0.4, 0.5) is 4.39 Å². The van der Waals surface area contributed by atoms with Crippen molar-refractivity contribution in [2.45, 2.75) is 6.92 Å². The van der Waals surface area contributed by atoms with E-state index in [9.17, 15) is 4.39 Å². The zero-order valence-corrected chi connectivity index (χ0v) is 7.88. The van der Waals surface area contributed by atoms with Crippen LogP contribution >= 0.6 is 0 Å². The van der Waals surface area contributed by atoms with Crippen LogP contribution in [0.15, 0.2) is 30.3 Å². The Morgan fingerprint density at radius 2 is 2.00 bits per heavy atom. The number of allylic oxidation sites excluding steroid dienone is 2. The van der Waals surface area contributed by atoms with Crippen molar-refractivity contribution in [1.82, 2.24) is 0 Å². The summed E-state index contributed by atoms with van der Waals surface area (Å²) in [6.07, 6.45) is 1.78. The van der Waals surface area contributed by atoms with Gasteiger partial charge in [0.25, 0.3) is 0 Å². The average molecular weight is 180 g/mol. The van der Waals surface area contributed by atoms with Crippen LogP contribution in [0.5, 0.6) is 5.75 Å². The van der Waals surface area contributed by atoms with E-state index in [2.05, 4.69) is 0 Å². The first-order valence-corrected chi connectivity index (χ1v) is 4.17. The number of alkyl halides is 1. The summed E-state index contributed by atoms with van der Waals surface area (Å²) in [5, 5.41) is 0. The van der Waals surface area contributed by atoms with Gasteiger partial charge in [-0.15, -0.1) is 0 Å². The predicted octanol–water partition coefficient (Wildman–Crippen LogP) is 3.07. The Balaban J connectivity index is 2.91. The van der Waals surface area contributed by atoms with E-state index in [1.807, 2.05) is 31.2 Å². The quantitative estimate of drug-likeness (QED) is 0.694. The molecule has 13 heavy (non-hydrogen) atoms. The molecule has 0 aliphatic rings. The molecule has 0 spiro atoms. The number of methoxy groups -OCH3 is 1. The molecule has 0 amide bonds. The highest BCUT2D eigenvalue weighted by molar-refractivity contribution is 5.66. The summed E-state index contributed by atoms with van der Waals surface area (Å²) >= 11 is 0. The van der Waals surface area contributed by atoms with Crippen molar-refractivity contribution < 1.29 is 9.13 Å². The fourth-order valence-corrected chi connectivity index (χ4v) is 1.13. The van der Waals surface area contributed by atoms with E-state index in [0.29, 0.717) is 5.57 Å². The third kappa shape index (κ3) is 2.31. The minimum absolute atomic E-state index is 0.428. The Bertz CT molecular complexity index is 287. The van der Waals surface area contributed by atoms with Gasteiger partial charge in [-0.25, -0.2) is 4.39 Å². The maximum atomic E-state index is 12.4. The molecular weight excluding hydrogens is 167 g/mol. The normalized spacial score (nSPS) is 11.5. The molecule has 1 aromatic rings. The maximum Gasteiger partial charge on any atom is 0.118 e. The van der Waals surface area contributed by atoms with Gasteiger partial charge in [-0.3, -0.25) is 0 Å². The Morgan fingerprint density at radius 3 is 2.38 bits per heavy atom. The second-order valence-electron chi connectivity index (χ2n) is 2.68. The Kier molecular flexibility index (Phi) is 3.50. The van der Waals surface area contributed by atoms with E-state index < -0.39 is 6.67 Å². The molecule has 0 atom stereocenters. The molecule has 1 nitrogen and oxygen atoms in total. The summed E-state index contributed by atoms with van der Waals surface area (Å²) in [6.45, 7) is 1.40. The van der Waals surface area contributed by atoms with Crippen molar-refractivity contribution in [2.24, 2.45) is 0 Å². The first-order valence-electron chi connectivity index (χ1n) is 4.17. The van der Waals surface area contributed by atoms with E-state index in [0.717, 1.165) is 11.3 Å². The van der Waals surface area contributed by atoms with Gasteiger partial charge in [-0.1, -0.05) is 18.2 Å². The first-order chi connectivity index (χ1) is 6.31. The third-order valence-corrected chi connectivity index (χ3v) is 1.95. The molecule has 0 aliphatic heterocycles.